The molecule has 4 fully saturated rings. The molecule has 4 rings (SSSR count). The molecule has 0 N–H and O–H groups in total. The van der Waals surface area contributed by atoms with Gasteiger partial charge in [0.1, 0.15) is 18.0 Å². The van der Waals surface area contributed by atoms with Crippen molar-refractivity contribution in [2.45, 2.75) is 91.3 Å². The summed E-state index contributed by atoms with van der Waals surface area (Å²) in [6, 6.07) is 0. The third-order valence-electron chi connectivity index (χ3n) is 8.85. The van der Waals surface area contributed by atoms with Gasteiger partial charge in [0.2, 0.25) is 0 Å². The zero-order valence-corrected chi connectivity index (χ0v) is 17.7. The van der Waals surface area contributed by atoms with E-state index in [2.05, 4.69) is 13.8 Å². The predicted octanol–water partition coefficient (Wildman–Crippen LogP) is 4.07. The molecular formula is C23H34O5. The summed E-state index contributed by atoms with van der Waals surface area (Å²) in [5, 5.41) is 0. The summed E-state index contributed by atoms with van der Waals surface area (Å²) in [5.41, 5.74) is -0.195. The van der Waals surface area contributed by atoms with Crippen molar-refractivity contribution >= 4 is 17.7 Å². The number of hydrogen-bond donors (Lipinski definition) is 0. The SMILES string of the molecule is CC(=O)O[C@@H]1CC[C@@]2(C)[C@@H](CC[C@@H]3[C@H]4CC[C@@H](OC(C)=O)[C@@]4(C)CC(=O)[C@H]32)C1. The Bertz CT molecular complexity index is 686. The molecule has 4 aliphatic rings. The molecule has 28 heavy (non-hydrogen) atoms. The molecule has 0 aromatic rings. The Labute approximate surface area is 167 Å². The van der Waals surface area contributed by atoms with E-state index in [-0.39, 0.29) is 40.9 Å². The number of esters is 2. The van der Waals surface area contributed by atoms with Crippen LogP contribution in [0, 0.1) is 34.5 Å². The number of hydrogen-bond acceptors (Lipinski definition) is 5. The maximum absolute atomic E-state index is 13.5. The van der Waals surface area contributed by atoms with Gasteiger partial charge < -0.3 is 9.47 Å². The molecule has 0 bridgehead atoms. The lowest BCUT2D eigenvalue weighted by Gasteiger charge is -2.59. The van der Waals surface area contributed by atoms with Gasteiger partial charge in [0, 0.05) is 31.6 Å². The van der Waals surface area contributed by atoms with Crippen LogP contribution in [0.15, 0.2) is 0 Å². The molecule has 4 saturated carbocycles. The van der Waals surface area contributed by atoms with Gasteiger partial charge in [0.25, 0.3) is 0 Å². The van der Waals surface area contributed by atoms with Crippen LogP contribution >= 0.6 is 0 Å². The van der Waals surface area contributed by atoms with Gasteiger partial charge in [-0.05, 0) is 68.1 Å². The Balaban J connectivity index is 1.57. The summed E-state index contributed by atoms with van der Waals surface area (Å²) < 4.78 is 11.2. The lowest BCUT2D eigenvalue weighted by Crippen LogP contribution is -2.58. The second-order valence-electron chi connectivity index (χ2n) is 10.4. The van der Waals surface area contributed by atoms with Crippen LogP contribution in [0.1, 0.15) is 79.1 Å². The number of carbonyl (C=O) groups excluding carboxylic acids is 3. The third-order valence-corrected chi connectivity index (χ3v) is 8.85. The van der Waals surface area contributed by atoms with Crippen molar-refractivity contribution < 1.29 is 23.9 Å². The zero-order valence-electron chi connectivity index (χ0n) is 17.7. The highest BCUT2D eigenvalue weighted by atomic mass is 16.5. The summed E-state index contributed by atoms with van der Waals surface area (Å²) in [7, 11) is 0. The van der Waals surface area contributed by atoms with E-state index >= 15 is 0 Å². The second-order valence-corrected chi connectivity index (χ2v) is 10.4. The Kier molecular flexibility index (Phi) is 4.86. The number of carbonyl (C=O) groups is 3. The van der Waals surface area contributed by atoms with Crippen molar-refractivity contribution in [3.05, 3.63) is 0 Å². The van der Waals surface area contributed by atoms with Crippen molar-refractivity contribution in [2.75, 3.05) is 0 Å². The molecule has 8 atom stereocenters. The summed E-state index contributed by atoms with van der Waals surface area (Å²) in [6.07, 6.45) is 7.24. The van der Waals surface area contributed by atoms with E-state index in [1.807, 2.05) is 0 Å². The molecule has 0 spiro atoms. The molecule has 0 aromatic heterocycles. The first-order valence-corrected chi connectivity index (χ1v) is 11.0. The van der Waals surface area contributed by atoms with E-state index in [0.29, 0.717) is 30.0 Å². The maximum atomic E-state index is 13.5. The molecule has 5 heteroatoms. The van der Waals surface area contributed by atoms with Crippen molar-refractivity contribution in [1.29, 1.82) is 0 Å². The normalized spacial score (nSPS) is 47.5. The van der Waals surface area contributed by atoms with Crippen LogP contribution < -0.4 is 0 Å². The van der Waals surface area contributed by atoms with E-state index in [1.54, 1.807) is 0 Å². The Morgan fingerprint density at radius 3 is 2.32 bits per heavy atom. The first-order chi connectivity index (χ1) is 13.1. The average molecular weight is 391 g/mol. The van der Waals surface area contributed by atoms with Crippen LogP contribution in [0.2, 0.25) is 0 Å². The number of rotatable bonds is 2. The maximum Gasteiger partial charge on any atom is 0.302 e. The Hall–Kier alpha value is -1.39. The standard InChI is InChI=1S/C23H34O5/c1-13(24)27-16-9-10-22(3)15(11-16)5-6-17-18-7-8-20(28-14(2)25)23(18,4)12-19(26)21(17)22/h15-18,20-21H,5-12H2,1-4H3/t15-,16+,17+,18+,20+,21-,22-,23-/m0/s1. The number of fused-ring (bicyclic) bond motifs is 5. The highest BCUT2D eigenvalue weighted by Crippen LogP contribution is 2.65. The highest BCUT2D eigenvalue weighted by Gasteiger charge is 2.64. The van der Waals surface area contributed by atoms with Gasteiger partial charge in [-0.1, -0.05) is 13.8 Å². The van der Waals surface area contributed by atoms with Gasteiger partial charge in [-0.15, -0.1) is 0 Å². The molecule has 5 nitrogen and oxygen atoms in total. The molecule has 0 heterocycles. The molecule has 0 saturated heterocycles. The molecule has 156 valence electrons. The smallest absolute Gasteiger partial charge is 0.302 e. The lowest BCUT2D eigenvalue weighted by atomic mass is 9.44. The quantitative estimate of drug-likeness (QED) is 0.665. The summed E-state index contributed by atoms with van der Waals surface area (Å²) >= 11 is 0. The van der Waals surface area contributed by atoms with Gasteiger partial charge in [-0.3, -0.25) is 14.4 Å². The minimum atomic E-state index is -0.235. The third kappa shape index (κ3) is 3.00. The second kappa shape index (κ2) is 6.84. The van der Waals surface area contributed by atoms with E-state index in [1.165, 1.54) is 13.8 Å². The van der Waals surface area contributed by atoms with Crippen LogP contribution in [0.5, 0.6) is 0 Å². The van der Waals surface area contributed by atoms with Crippen LogP contribution in [0.4, 0.5) is 0 Å². The minimum absolute atomic E-state index is 0.0101. The summed E-state index contributed by atoms with van der Waals surface area (Å²) in [5.74, 6) is 1.36. The summed E-state index contributed by atoms with van der Waals surface area (Å²) in [4.78, 5) is 36.5. The van der Waals surface area contributed by atoms with Crippen LogP contribution in [-0.2, 0) is 23.9 Å². The zero-order chi connectivity index (χ0) is 20.3. The number of Topliss-reactive ketones (excluding diaryl/α,β-unsaturated/α-hetero) is 1. The van der Waals surface area contributed by atoms with Crippen molar-refractivity contribution in [3.8, 4) is 0 Å². The number of ether oxygens (including phenoxy) is 2. The van der Waals surface area contributed by atoms with Gasteiger partial charge in [-0.2, -0.15) is 0 Å². The monoisotopic (exact) mass is 390 g/mol. The molecule has 4 aliphatic carbocycles. The Morgan fingerprint density at radius 2 is 1.64 bits per heavy atom. The molecule has 0 aromatic carbocycles. The van der Waals surface area contributed by atoms with E-state index < -0.39 is 0 Å². The predicted molar refractivity (Wildman–Crippen MR) is 103 cm³/mol. The van der Waals surface area contributed by atoms with Crippen LogP contribution in [-0.4, -0.2) is 29.9 Å². The number of ketones is 1. The van der Waals surface area contributed by atoms with Gasteiger partial charge in [0.15, 0.2) is 0 Å². The van der Waals surface area contributed by atoms with Crippen molar-refractivity contribution in [3.63, 3.8) is 0 Å². The van der Waals surface area contributed by atoms with E-state index in [0.717, 1.165) is 44.9 Å². The van der Waals surface area contributed by atoms with Crippen molar-refractivity contribution in [2.24, 2.45) is 34.5 Å². The van der Waals surface area contributed by atoms with E-state index in [4.69, 9.17) is 9.47 Å². The van der Waals surface area contributed by atoms with Gasteiger partial charge in [0.05, 0.1) is 0 Å². The van der Waals surface area contributed by atoms with Gasteiger partial charge >= 0.3 is 11.9 Å². The largest absolute Gasteiger partial charge is 0.463 e. The first-order valence-electron chi connectivity index (χ1n) is 11.0. The topological polar surface area (TPSA) is 69.7 Å². The fourth-order valence-electron chi connectivity index (χ4n) is 7.73. The molecule has 0 amide bonds. The molecular weight excluding hydrogens is 356 g/mol. The fourth-order valence-corrected chi connectivity index (χ4v) is 7.73. The van der Waals surface area contributed by atoms with E-state index in [9.17, 15) is 14.4 Å². The van der Waals surface area contributed by atoms with Crippen LogP contribution in [0.3, 0.4) is 0 Å². The highest BCUT2D eigenvalue weighted by molar-refractivity contribution is 5.84. The average Bonchev–Trinajstić information content (AvgIpc) is 2.90. The molecule has 0 unspecified atom stereocenters. The van der Waals surface area contributed by atoms with Gasteiger partial charge in [-0.25, -0.2) is 0 Å². The first kappa shape index (κ1) is 19.9. The van der Waals surface area contributed by atoms with Crippen molar-refractivity contribution in [1.82, 2.24) is 0 Å². The summed E-state index contributed by atoms with van der Waals surface area (Å²) in [6.45, 7) is 7.45. The minimum Gasteiger partial charge on any atom is -0.463 e. The lowest BCUT2D eigenvalue weighted by molar-refractivity contribution is -0.175. The molecule has 0 aliphatic heterocycles. The fraction of sp³-hybridized carbons (Fsp3) is 0.870. The molecule has 0 radical (unpaired) electrons. The van der Waals surface area contributed by atoms with Crippen LogP contribution in [0.25, 0.3) is 0 Å². The Morgan fingerprint density at radius 1 is 0.929 bits per heavy atom.